The molecule has 2 aromatic carbocycles. The van der Waals surface area contributed by atoms with Crippen molar-refractivity contribution in [2.75, 3.05) is 13.1 Å². The Hall–Kier alpha value is -2.51. The summed E-state index contributed by atoms with van der Waals surface area (Å²) in [6.07, 6.45) is 1.58. The lowest BCUT2D eigenvalue weighted by atomic mass is 9.97. The molecule has 2 heterocycles. The third-order valence-corrected chi connectivity index (χ3v) is 6.26. The average Bonchev–Trinajstić information content (AvgIpc) is 3.10. The number of para-hydroxylation sites is 1. The predicted molar refractivity (Wildman–Crippen MR) is 106 cm³/mol. The number of halogens is 1. The molecule has 1 fully saturated rings. The van der Waals surface area contributed by atoms with Gasteiger partial charge in [0.25, 0.3) is 11.6 Å². The van der Waals surface area contributed by atoms with Gasteiger partial charge in [0.2, 0.25) is 0 Å². The van der Waals surface area contributed by atoms with Crippen LogP contribution in [-0.2, 0) is 0 Å². The summed E-state index contributed by atoms with van der Waals surface area (Å²) in [7, 11) is 0. The molecule has 0 bridgehead atoms. The van der Waals surface area contributed by atoms with Gasteiger partial charge < -0.3 is 4.90 Å². The Balaban J connectivity index is 1.48. The molecular weight excluding hydrogens is 386 g/mol. The van der Waals surface area contributed by atoms with Gasteiger partial charge in [0.05, 0.1) is 20.1 Å². The van der Waals surface area contributed by atoms with Crippen molar-refractivity contribution < 1.29 is 9.72 Å². The van der Waals surface area contributed by atoms with Gasteiger partial charge in [-0.25, -0.2) is 4.98 Å². The number of hydrogen-bond donors (Lipinski definition) is 0. The molecule has 0 N–H and O–H groups in total. The first-order valence-corrected chi connectivity index (χ1v) is 9.81. The zero-order valence-corrected chi connectivity index (χ0v) is 15.9. The Morgan fingerprint density at radius 2 is 1.96 bits per heavy atom. The van der Waals surface area contributed by atoms with E-state index in [1.54, 1.807) is 28.4 Å². The fourth-order valence-electron chi connectivity index (χ4n) is 3.41. The van der Waals surface area contributed by atoms with E-state index in [1.807, 2.05) is 18.2 Å². The minimum Gasteiger partial charge on any atom is -0.338 e. The van der Waals surface area contributed by atoms with Crippen LogP contribution in [0.15, 0.2) is 42.5 Å². The van der Waals surface area contributed by atoms with E-state index in [4.69, 9.17) is 16.6 Å². The van der Waals surface area contributed by atoms with Crippen molar-refractivity contribution in [2.24, 2.45) is 0 Å². The van der Waals surface area contributed by atoms with E-state index in [0.717, 1.165) is 28.1 Å². The van der Waals surface area contributed by atoms with Crippen LogP contribution in [0.5, 0.6) is 0 Å². The Bertz CT molecular complexity index is 1030. The first kappa shape index (κ1) is 17.9. The molecule has 0 radical (unpaired) electrons. The van der Waals surface area contributed by atoms with Crippen molar-refractivity contribution in [2.45, 2.75) is 18.8 Å². The number of amides is 1. The molecule has 0 aliphatic carbocycles. The van der Waals surface area contributed by atoms with Crippen LogP contribution in [0.3, 0.4) is 0 Å². The quantitative estimate of drug-likeness (QED) is 0.463. The zero-order chi connectivity index (χ0) is 19.0. The first-order valence-electron chi connectivity index (χ1n) is 8.61. The van der Waals surface area contributed by atoms with E-state index in [0.29, 0.717) is 18.1 Å². The predicted octanol–water partition coefficient (Wildman–Crippen LogP) is 4.88. The van der Waals surface area contributed by atoms with Gasteiger partial charge in [-0.05, 0) is 37.1 Å². The summed E-state index contributed by atoms with van der Waals surface area (Å²) in [5, 5.41) is 12.9. The second-order valence-corrected chi connectivity index (χ2v) is 8.00. The van der Waals surface area contributed by atoms with Crippen LogP contribution in [-0.4, -0.2) is 33.8 Å². The SMILES string of the molecule is O=C(c1ccccc1[N+](=O)[O-])N1CCC(c2nc3cc(Cl)ccc3s2)CC1. The van der Waals surface area contributed by atoms with Crippen molar-refractivity contribution in [1.29, 1.82) is 0 Å². The number of hydrogen-bond acceptors (Lipinski definition) is 5. The number of thiazole rings is 1. The molecule has 138 valence electrons. The van der Waals surface area contributed by atoms with Crippen LogP contribution >= 0.6 is 22.9 Å². The van der Waals surface area contributed by atoms with Gasteiger partial charge in [0.1, 0.15) is 5.56 Å². The average molecular weight is 402 g/mol. The highest BCUT2D eigenvalue weighted by molar-refractivity contribution is 7.18. The number of carbonyl (C=O) groups is 1. The maximum absolute atomic E-state index is 12.7. The Labute approximate surface area is 164 Å². The lowest BCUT2D eigenvalue weighted by Gasteiger charge is -2.31. The van der Waals surface area contributed by atoms with Gasteiger partial charge in [-0.15, -0.1) is 11.3 Å². The minimum atomic E-state index is -0.508. The fourth-order valence-corrected chi connectivity index (χ4v) is 4.69. The molecule has 1 aliphatic heterocycles. The van der Waals surface area contributed by atoms with Crippen molar-refractivity contribution in [3.63, 3.8) is 0 Å². The lowest BCUT2D eigenvalue weighted by Crippen LogP contribution is -2.38. The van der Waals surface area contributed by atoms with Gasteiger partial charge in [-0.1, -0.05) is 23.7 Å². The second kappa shape index (κ2) is 7.25. The van der Waals surface area contributed by atoms with Crippen LogP contribution in [0, 0.1) is 10.1 Å². The van der Waals surface area contributed by atoms with Crippen molar-refractivity contribution in [1.82, 2.24) is 9.88 Å². The van der Waals surface area contributed by atoms with Gasteiger partial charge in [-0.3, -0.25) is 14.9 Å². The number of nitro benzene ring substituents is 1. The number of nitro groups is 1. The highest BCUT2D eigenvalue weighted by atomic mass is 35.5. The van der Waals surface area contributed by atoms with Crippen LogP contribution in [0.25, 0.3) is 10.2 Å². The van der Waals surface area contributed by atoms with Crippen molar-refractivity contribution in [3.8, 4) is 0 Å². The van der Waals surface area contributed by atoms with E-state index in [-0.39, 0.29) is 23.1 Å². The van der Waals surface area contributed by atoms with Crippen LogP contribution in [0.2, 0.25) is 5.02 Å². The highest BCUT2D eigenvalue weighted by Gasteiger charge is 2.29. The molecule has 0 saturated carbocycles. The molecule has 0 atom stereocenters. The van der Waals surface area contributed by atoms with Gasteiger partial charge in [0.15, 0.2) is 0 Å². The monoisotopic (exact) mass is 401 g/mol. The number of rotatable bonds is 3. The Morgan fingerprint density at radius 1 is 1.22 bits per heavy atom. The standard InChI is InChI=1S/C19H16ClN3O3S/c20-13-5-6-17-15(11-13)21-18(27-17)12-7-9-22(10-8-12)19(24)14-3-1-2-4-16(14)23(25)26/h1-6,11-12H,7-10H2. The summed E-state index contributed by atoms with van der Waals surface area (Å²) in [4.78, 5) is 29.8. The summed E-state index contributed by atoms with van der Waals surface area (Å²) in [5.41, 5.74) is 0.907. The number of likely N-dealkylation sites (tertiary alicyclic amines) is 1. The molecular formula is C19H16ClN3O3S. The number of aromatic nitrogens is 1. The van der Waals surface area contributed by atoms with E-state index in [9.17, 15) is 14.9 Å². The van der Waals surface area contributed by atoms with E-state index < -0.39 is 4.92 Å². The Morgan fingerprint density at radius 3 is 2.70 bits per heavy atom. The van der Waals surface area contributed by atoms with Crippen molar-refractivity contribution in [3.05, 3.63) is 68.2 Å². The molecule has 1 amide bonds. The second-order valence-electron chi connectivity index (χ2n) is 6.50. The van der Waals surface area contributed by atoms with Crippen molar-refractivity contribution >= 4 is 44.7 Å². The number of benzene rings is 2. The molecule has 27 heavy (non-hydrogen) atoms. The third kappa shape index (κ3) is 3.52. The number of nitrogens with zero attached hydrogens (tertiary/aromatic N) is 3. The molecule has 1 aliphatic rings. The summed E-state index contributed by atoms with van der Waals surface area (Å²) in [6.45, 7) is 1.12. The Kier molecular flexibility index (Phi) is 4.80. The van der Waals surface area contributed by atoms with E-state index in [2.05, 4.69) is 0 Å². The topological polar surface area (TPSA) is 76.3 Å². The third-order valence-electron chi connectivity index (χ3n) is 4.83. The summed E-state index contributed by atoms with van der Waals surface area (Å²) < 4.78 is 1.10. The maximum atomic E-state index is 12.7. The minimum absolute atomic E-state index is 0.146. The molecule has 0 spiro atoms. The van der Waals surface area contributed by atoms with E-state index in [1.165, 1.54) is 12.1 Å². The highest BCUT2D eigenvalue weighted by Crippen LogP contribution is 2.35. The van der Waals surface area contributed by atoms with E-state index >= 15 is 0 Å². The molecule has 0 unspecified atom stereocenters. The molecule has 6 nitrogen and oxygen atoms in total. The molecule has 8 heteroatoms. The zero-order valence-electron chi connectivity index (χ0n) is 14.3. The lowest BCUT2D eigenvalue weighted by molar-refractivity contribution is -0.385. The van der Waals surface area contributed by atoms with Gasteiger partial charge in [-0.2, -0.15) is 0 Å². The fraction of sp³-hybridized carbons (Fsp3) is 0.263. The number of carbonyl (C=O) groups excluding carboxylic acids is 1. The molecule has 1 saturated heterocycles. The first-order chi connectivity index (χ1) is 13.0. The summed E-state index contributed by atoms with van der Waals surface area (Å²) >= 11 is 7.70. The molecule has 4 rings (SSSR count). The number of piperidine rings is 1. The van der Waals surface area contributed by atoms with Crippen LogP contribution in [0.4, 0.5) is 5.69 Å². The molecule has 1 aromatic heterocycles. The molecule has 3 aromatic rings. The number of fused-ring (bicyclic) bond motifs is 1. The summed E-state index contributed by atoms with van der Waals surface area (Å²) in [6, 6.07) is 11.8. The summed E-state index contributed by atoms with van der Waals surface area (Å²) in [5.74, 6) is 0.00724. The van der Waals surface area contributed by atoms with Gasteiger partial charge >= 0.3 is 0 Å². The maximum Gasteiger partial charge on any atom is 0.282 e. The van der Waals surface area contributed by atoms with Gasteiger partial charge in [0, 0.05) is 30.1 Å². The largest absolute Gasteiger partial charge is 0.338 e. The van der Waals surface area contributed by atoms with Crippen LogP contribution < -0.4 is 0 Å². The smallest absolute Gasteiger partial charge is 0.282 e. The normalized spacial score (nSPS) is 15.2. The van der Waals surface area contributed by atoms with Crippen LogP contribution in [0.1, 0.15) is 34.1 Å².